The van der Waals surface area contributed by atoms with Crippen LogP contribution in [-0.2, 0) is 4.79 Å². The lowest BCUT2D eigenvalue weighted by Crippen LogP contribution is -2.28. The first-order chi connectivity index (χ1) is 11.1. The van der Waals surface area contributed by atoms with Gasteiger partial charge in [-0.15, -0.1) is 22.7 Å². The Kier molecular flexibility index (Phi) is 5.34. The molecule has 0 aromatic carbocycles. The highest BCUT2D eigenvalue weighted by molar-refractivity contribution is 8.26. The molecule has 1 aliphatic heterocycles. The minimum atomic E-state index is -0.144. The molecule has 2 aromatic rings. The van der Waals surface area contributed by atoms with Gasteiger partial charge in [-0.05, 0) is 18.2 Å². The minimum Gasteiger partial charge on any atom is -0.395 e. The monoisotopic (exact) mass is 386 g/mol. The number of anilines is 1. The summed E-state index contributed by atoms with van der Waals surface area (Å²) in [5, 5.41) is 21.9. The van der Waals surface area contributed by atoms with Crippen molar-refractivity contribution in [2.75, 3.05) is 31.2 Å². The summed E-state index contributed by atoms with van der Waals surface area (Å²) in [7, 11) is 0. The summed E-state index contributed by atoms with van der Waals surface area (Å²) in [6, 6.07) is 4.11. The van der Waals surface area contributed by atoms with Gasteiger partial charge in [0.15, 0.2) is 0 Å². The number of nitrogens with one attached hydrogen (secondary N) is 1. The number of rotatable bonds is 6. The predicted octanol–water partition coefficient (Wildman–Crippen LogP) is 2.24. The first-order valence-electron chi connectivity index (χ1n) is 6.85. The van der Waals surface area contributed by atoms with Gasteiger partial charge in [0.05, 0.1) is 23.1 Å². The number of nitrogens with zero attached hydrogens (tertiary/aromatic N) is 1. The molecule has 122 valence electrons. The number of amides is 1. The third-order valence-electron chi connectivity index (χ3n) is 3.18. The SMILES string of the molecule is O=C1NC(=S)S/C1=C\c1cc2sc(N(CCO)CCO)cc2s1. The molecule has 0 aliphatic carbocycles. The van der Waals surface area contributed by atoms with Gasteiger partial charge >= 0.3 is 0 Å². The molecule has 1 saturated heterocycles. The van der Waals surface area contributed by atoms with Gasteiger partial charge in [0.1, 0.15) is 4.32 Å². The first-order valence-corrected chi connectivity index (χ1v) is 9.71. The molecule has 9 heteroatoms. The van der Waals surface area contributed by atoms with E-state index in [-0.39, 0.29) is 19.1 Å². The Bertz CT molecular complexity index is 743. The molecule has 0 bridgehead atoms. The molecule has 3 heterocycles. The van der Waals surface area contributed by atoms with Crippen molar-refractivity contribution >= 4 is 77.4 Å². The minimum absolute atomic E-state index is 0.0507. The van der Waals surface area contributed by atoms with E-state index < -0.39 is 0 Å². The van der Waals surface area contributed by atoms with Crippen LogP contribution < -0.4 is 10.2 Å². The number of hydrogen-bond acceptors (Lipinski definition) is 8. The van der Waals surface area contributed by atoms with Crippen LogP contribution in [0, 0.1) is 0 Å². The van der Waals surface area contributed by atoms with Crippen LogP contribution in [0.2, 0.25) is 0 Å². The maximum atomic E-state index is 11.7. The number of thiophene rings is 2. The molecule has 0 spiro atoms. The van der Waals surface area contributed by atoms with Gasteiger partial charge in [-0.2, -0.15) is 0 Å². The molecule has 2 aromatic heterocycles. The summed E-state index contributed by atoms with van der Waals surface area (Å²) in [6.45, 7) is 1.10. The second kappa shape index (κ2) is 7.29. The van der Waals surface area contributed by atoms with E-state index in [1.54, 1.807) is 22.7 Å². The Morgan fingerprint density at radius 1 is 1.17 bits per heavy atom. The van der Waals surface area contributed by atoms with Crippen LogP contribution >= 0.6 is 46.7 Å². The Morgan fingerprint density at radius 3 is 2.43 bits per heavy atom. The van der Waals surface area contributed by atoms with Gasteiger partial charge in [0.2, 0.25) is 0 Å². The fourth-order valence-electron chi connectivity index (χ4n) is 2.19. The number of aliphatic hydroxyl groups excluding tert-OH is 2. The summed E-state index contributed by atoms with van der Waals surface area (Å²) in [5.41, 5.74) is 0. The van der Waals surface area contributed by atoms with Crippen LogP contribution in [0.1, 0.15) is 4.88 Å². The Labute approximate surface area is 150 Å². The molecule has 1 fully saturated rings. The zero-order valence-corrected chi connectivity index (χ0v) is 15.2. The number of thioether (sulfide) groups is 1. The molecular formula is C14H14N2O3S4. The third-order valence-corrected chi connectivity index (χ3v) is 6.64. The topological polar surface area (TPSA) is 72.8 Å². The summed E-state index contributed by atoms with van der Waals surface area (Å²) in [6.07, 6.45) is 1.86. The molecule has 0 unspecified atom stereocenters. The van der Waals surface area contributed by atoms with E-state index in [9.17, 15) is 4.79 Å². The molecule has 1 amide bonds. The third kappa shape index (κ3) is 3.76. The van der Waals surface area contributed by atoms with Crippen molar-refractivity contribution in [3.8, 4) is 0 Å². The second-order valence-corrected chi connectivity index (χ2v) is 8.64. The van der Waals surface area contributed by atoms with Crippen molar-refractivity contribution in [1.29, 1.82) is 0 Å². The molecule has 1 aliphatic rings. The van der Waals surface area contributed by atoms with Gasteiger partial charge in [-0.3, -0.25) is 4.79 Å². The van der Waals surface area contributed by atoms with Gasteiger partial charge in [0, 0.05) is 27.4 Å². The molecule has 5 nitrogen and oxygen atoms in total. The predicted molar refractivity (Wildman–Crippen MR) is 102 cm³/mol. The lowest BCUT2D eigenvalue weighted by atomic mass is 10.4. The van der Waals surface area contributed by atoms with Crippen LogP contribution in [0.5, 0.6) is 0 Å². The Balaban J connectivity index is 1.84. The largest absolute Gasteiger partial charge is 0.395 e. The highest BCUT2D eigenvalue weighted by atomic mass is 32.2. The zero-order valence-electron chi connectivity index (χ0n) is 11.9. The number of carbonyl (C=O) groups excluding carboxylic acids is 1. The molecule has 23 heavy (non-hydrogen) atoms. The van der Waals surface area contributed by atoms with Crippen molar-refractivity contribution in [1.82, 2.24) is 5.32 Å². The highest BCUT2D eigenvalue weighted by Gasteiger charge is 2.22. The van der Waals surface area contributed by atoms with Crippen molar-refractivity contribution in [3.05, 3.63) is 21.9 Å². The quantitative estimate of drug-likeness (QED) is 0.522. The smallest absolute Gasteiger partial charge is 0.263 e. The van der Waals surface area contributed by atoms with E-state index in [0.717, 1.165) is 19.3 Å². The van der Waals surface area contributed by atoms with Gasteiger partial charge in [-0.25, -0.2) is 0 Å². The van der Waals surface area contributed by atoms with E-state index in [4.69, 9.17) is 22.4 Å². The number of aliphatic hydroxyl groups is 2. The highest BCUT2D eigenvalue weighted by Crippen LogP contribution is 2.39. The molecule has 0 radical (unpaired) electrons. The van der Waals surface area contributed by atoms with Gasteiger partial charge in [-0.1, -0.05) is 24.0 Å². The van der Waals surface area contributed by atoms with Crippen LogP contribution in [0.25, 0.3) is 15.5 Å². The van der Waals surface area contributed by atoms with Gasteiger partial charge < -0.3 is 20.4 Å². The fourth-order valence-corrected chi connectivity index (χ4v) is 5.70. The standard InChI is InChI=1S/C14H14N2O3S4/c17-3-1-16(2-4-18)12-7-10-9(22-12)5-8(21-10)6-11-13(19)15-14(20)23-11/h5-7,17-18H,1-4H2,(H,15,19,20)/b11-6-. The molecular weight excluding hydrogens is 372 g/mol. The van der Waals surface area contributed by atoms with Crippen molar-refractivity contribution < 1.29 is 15.0 Å². The molecule has 0 saturated carbocycles. The number of carbonyl (C=O) groups is 1. The van der Waals surface area contributed by atoms with E-state index in [1.165, 1.54) is 11.8 Å². The average molecular weight is 387 g/mol. The van der Waals surface area contributed by atoms with E-state index in [1.807, 2.05) is 17.0 Å². The van der Waals surface area contributed by atoms with Crippen LogP contribution in [0.4, 0.5) is 5.00 Å². The average Bonchev–Trinajstić information content (AvgIpc) is 3.12. The zero-order chi connectivity index (χ0) is 16.4. The van der Waals surface area contributed by atoms with Gasteiger partial charge in [0.25, 0.3) is 5.91 Å². The Morgan fingerprint density at radius 2 is 1.87 bits per heavy atom. The van der Waals surface area contributed by atoms with E-state index in [2.05, 4.69) is 11.4 Å². The van der Waals surface area contributed by atoms with Crippen molar-refractivity contribution in [2.45, 2.75) is 0 Å². The number of thiocarbonyl (C=S) groups is 1. The number of hydrogen-bond donors (Lipinski definition) is 3. The summed E-state index contributed by atoms with van der Waals surface area (Å²) in [5.74, 6) is -0.144. The lowest BCUT2D eigenvalue weighted by Gasteiger charge is -2.20. The second-order valence-electron chi connectivity index (χ2n) is 4.75. The van der Waals surface area contributed by atoms with E-state index >= 15 is 0 Å². The fraction of sp³-hybridized carbons (Fsp3) is 0.286. The molecule has 3 N–H and O–H groups in total. The van der Waals surface area contributed by atoms with E-state index in [0.29, 0.717) is 22.3 Å². The van der Waals surface area contributed by atoms with Crippen LogP contribution in [0.15, 0.2) is 17.0 Å². The lowest BCUT2D eigenvalue weighted by molar-refractivity contribution is -0.115. The van der Waals surface area contributed by atoms with Crippen LogP contribution in [-0.4, -0.2) is 46.7 Å². The summed E-state index contributed by atoms with van der Waals surface area (Å²) in [4.78, 5) is 15.3. The number of fused-ring (bicyclic) bond motifs is 1. The van der Waals surface area contributed by atoms with Crippen LogP contribution in [0.3, 0.4) is 0 Å². The first kappa shape index (κ1) is 16.9. The molecule has 0 atom stereocenters. The maximum absolute atomic E-state index is 11.7. The Hall–Kier alpha value is -0.970. The summed E-state index contributed by atoms with van der Waals surface area (Å²) < 4.78 is 2.75. The summed E-state index contributed by atoms with van der Waals surface area (Å²) >= 11 is 9.49. The normalized spacial score (nSPS) is 16.5. The maximum Gasteiger partial charge on any atom is 0.263 e. The molecule has 3 rings (SSSR count). The van der Waals surface area contributed by atoms with Crippen molar-refractivity contribution in [3.63, 3.8) is 0 Å². The van der Waals surface area contributed by atoms with Crippen molar-refractivity contribution in [2.24, 2.45) is 0 Å².